The van der Waals surface area contributed by atoms with E-state index in [1.165, 1.54) is 11.1 Å². The number of carbonyl (C=O) groups is 1. The number of aromatic nitrogens is 3. The lowest BCUT2D eigenvalue weighted by Gasteiger charge is -2.07. The second-order valence-corrected chi connectivity index (χ2v) is 4.95. The van der Waals surface area contributed by atoms with Crippen LogP contribution >= 0.6 is 0 Å². The molecule has 0 atom stereocenters. The van der Waals surface area contributed by atoms with Crippen LogP contribution in [0, 0.1) is 6.92 Å². The number of hydrogen-bond donors (Lipinski definition) is 2. The zero-order valence-electron chi connectivity index (χ0n) is 15.3. The third kappa shape index (κ3) is 7.09. The van der Waals surface area contributed by atoms with Crippen molar-refractivity contribution in [2.45, 2.75) is 27.3 Å². The quantitative estimate of drug-likeness (QED) is 0.685. The van der Waals surface area contributed by atoms with Crippen molar-refractivity contribution in [1.82, 2.24) is 15.0 Å². The summed E-state index contributed by atoms with van der Waals surface area (Å²) in [7, 11) is 0. The largest absolute Gasteiger partial charge is 0.483 e. The Kier molecular flexibility index (Phi) is 9.69. The molecular weight excluding hydrogens is 328 g/mol. The van der Waals surface area contributed by atoms with Gasteiger partial charge in [0, 0.05) is 30.7 Å². The lowest BCUT2D eigenvalue weighted by Crippen LogP contribution is -2.03. The van der Waals surface area contributed by atoms with E-state index in [2.05, 4.69) is 51.5 Å². The van der Waals surface area contributed by atoms with Crippen LogP contribution in [0.4, 0.5) is 5.95 Å². The van der Waals surface area contributed by atoms with Crippen LogP contribution in [-0.2, 0) is 11.3 Å². The number of hydrogen-bond acceptors (Lipinski definition) is 5. The molecule has 136 valence electrons. The van der Waals surface area contributed by atoms with Crippen LogP contribution < -0.4 is 5.32 Å². The Morgan fingerprint density at radius 1 is 1.08 bits per heavy atom. The van der Waals surface area contributed by atoms with Gasteiger partial charge in [0.25, 0.3) is 6.47 Å². The van der Waals surface area contributed by atoms with E-state index in [9.17, 15) is 0 Å². The molecule has 0 spiro atoms. The van der Waals surface area contributed by atoms with E-state index in [0.717, 1.165) is 11.3 Å². The number of pyridine rings is 1. The first kappa shape index (κ1) is 20.8. The molecule has 0 aliphatic carbocycles. The van der Waals surface area contributed by atoms with Gasteiger partial charge in [0.1, 0.15) is 0 Å². The molecule has 0 unspecified atom stereocenters. The van der Waals surface area contributed by atoms with Crippen LogP contribution in [0.3, 0.4) is 0 Å². The van der Waals surface area contributed by atoms with E-state index in [4.69, 9.17) is 9.90 Å². The van der Waals surface area contributed by atoms with Crippen molar-refractivity contribution >= 4 is 12.4 Å². The molecule has 0 saturated heterocycles. The van der Waals surface area contributed by atoms with Gasteiger partial charge in [0.2, 0.25) is 5.95 Å². The van der Waals surface area contributed by atoms with Crippen molar-refractivity contribution < 1.29 is 9.90 Å². The Morgan fingerprint density at radius 2 is 1.77 bits per heavy atom. The van der Waals surface area contributed by atoms with Gasteiger partial charge >= 0.3 is 0 Å². The minimum atomic E-state index is -0.250. The van der Waals surface area contributed by atoms with Gasteiger partial charge in [-0.3, -0.25) is 9.78 Å². The summed E-state index contributed by atoms with van der Waals surface area (Å²) in [4.78, 5) is 21.2. The van der Waals surface area contributed by atoms with Crippen molar-refractivity contribution in [1.29, 1.82) is 0 Å². The van der Waals surface area contributed by atoms with Gasteiger partial charge in [-0.05, 0) is 30.7 Å². The van der Waals surface area contributed by atoms with Crippen LogP contribution in [0.1, 0.15) is 25.0 Å². The molecule has 2 aromatic heterocycles. The lowest BCUT2D eigenvalue weighted by molar-refractivity contribution is -0.122. The van der Waals surface area contributed by atoms with Crippen molar-refractivity contribution in [3.8, 4) is 11.3 Å². The zero-order valence-corrected chi connectivity index (χ0v) is 15.3. The maximum atomic E-state index is 8.36. The maximum absolute atomic E-state index is 8.36. The summed E-state index contributed by atoms with van der Waals surface area (Å²) in [6.45, 7) is 6.54. The maximum Gasteiger partial charge on any atom is 0.290 e. The van der Waals surface area contributed by atoms with Crippen LogP contribution in [-0.4, -0.2) is 26.5 Å². The molecule has 6 nitrogen and oxygen atoms in total. The van der Waals surface area contributed by atoms with Crippen LogP contribution in [0.15, 0.2) is 61.1 Å². The van der Waals surface area contributed by atoms with E-state index in [1.54, 1.807) is 18.6 Å². The van der Waals surface area contributed by atoms with E-state index in [-0.39, 0.29) is 6.47 Å². The highest BCUT2D eigenvalue weighted by Crippen LogP contribution is 2.16. The summed E-state index contributed by atoms with van der Waals surface area (Å²) in [5, 5.41) is 10.1. The predicted octanol–water partition coefficient (Wildman–Crippen LogP) is 4.19. The van der Waals surface area contributed by atoms with Crippen LogP contribution in [0.2, 0.25) is 0 Å². The molecule has 0 bridgehead atoms. The highest BCUT2D eigenvalue weighted by molar-refractivity contribution is 5.58. The molecule has 3 aromatic rings. The summed E-state index contributed by atoms with van der Waals surface area (Å²) in [5.41, 5.74) is 4.31. The van der Waals surface area contributed by atoms with E-state index < -0.39 is 0 Å². The molecule has 1 aromatic carbocycles. The fraction of sp³-hybridized carbons (Fsp3) is 0.200. The molecule has 0 radical (unpaired) electrons. The average Bonchev–Trinajstić information content (AvgIpc) is 2.71. The molecule has 2 heterocycles. The molecule has 3 rings (SSSR count). The number of carboxylic acid groups (broad SMARTS) is 1. The summed E-state index contributed by atoms with van der Waals surface area (Å²) in [5.74, 6) is 0.622. The van der Waals surface area contributed by atoms with Gasteiger partial charge in [-0.15, -0.1) is 0 Å². The van der Waals surface area contributed by atoms with Gasteiger partial charge in [-0.25, -0.2) is 9.97 Å². The molecular formula is C20H24N4O2. The topological polar surface area (TPSA) is 88.0 Å². The highest BCUT2D eigenvalue weighted by atomic mass is 16.3. The second-order valence-electron chi connectivity index (χ2n) is 4.95. The number of rotatable bonds is 4. The van der Waals surface area contributed by atoms with Gasteiger partial charge in [-0.1, -0.05) is 43.7 Å². The minimum Gasteiger partial charge on any atom is -0.483 e. The number of aryl methyl sites for hydroxylation is 1. The Balaban J connectivity index is 0.000000615. The summed E-state index contributed by atoms with van der Waals surface area (Å²) < 4.78 is 0. The molecule has 0 saturated carbocycles. The number of benzene rings is 1. The predicted molar refractivity (Wildman–Crippen MR) is 104 cm³/mol. The Labute approximate surface area is 154 Å². The van der Waals surface area contributed by atoms with Crippen LogP contribution in [0.25, 0.3) is 11.3 Å². The molecule has 0 amide bonds. The van der Waals surface area contributed by atoms with E-state index >= 15 is 0 Å². The summed E-state index contributed by atoms with van der Waals surface area (Å²) in [6.07, 6.45) is 5.31. The molecule has 0 aliphatic heterocycles. The molecule has 6 heteroatoms. The average molecular weight is 352 g/mol. The monoisotopic (exact) mass is 352 g/mol. The van der Waals surface area contributed by atoms with Gasteiger partial charge in [0.05, 0.1) is 5.69 Å². The fourth-order valence-corrected chi connectivity index (χ4v) is 2.01. The van der Waals surface area contributed by atoms with Gasteiger partial charge in [0.15, 0.2) is 0 Å². The number of anilines is 1. The third-order valence-electron chi connectivity index (χ3n) is 3.18. The highest BCUT2D eigenvalue weighted by Gasteiger charge is 2.02. The normalized spacial score (nSPS) is 9.04. The zero-order chi connectivity index (χ0) is 19.2. The van der Waals surface area contributed by atoms with E-state index in [0.29, 0.717) is 12.5 Å². The smallest absolute Gasteiger partial charge is 0.290 e. The Bertz CT molecular complexity index is 762. The second kappa shape index (κ2) is 12.1. The van der Waals surface area contributed by atoms with Gasteiger partial charge in [-0.2, -0.15) is 0 Å². The third-order valence-corrected chi connectivity index (χ3v) is 3.18. The standard InChI is InChI=1S/C17H16N4.C2H6.CH2O2/c1-13-4-6-14(7-5-13)11-20-17-19-10-8-16(21-17)15-3-2-9-18-12-15;1-2;2-1-3/h2-10,12H,11H2,1H3,(H,19,20,21);1-2H3;1H,(H,2,3). The first-order valence-corrected chi connectivity index (χ1v) is 8.33. The summed E-state index contributed by atoms with van der Waals surface area (Å²) >= 11 is 0. The first-order chi connectivity index (χ1) is 12.7. The van der Waals surface area contributed by atoms with E-state index in [1.807, 2.05) is 32.0 Å². The SMILES string of the molecule is CC.Cc1ccc(CNc2nccc(-c3cccnc3)n2)cc1.O=CO. The van der Waals surface area contributed by atoms with Crippen molar-refractivity contribution in [2.24, 2.45) is 0 Å². The molecule has 0 fully saturated rings. The first-order valence-electron chi connectivity index (χ1n) is 8.33. The van der Waals surface area contributed by atoms with Crippen LogP contribution in [0.5, 0.6) is 0 Å². The molecule has 26 heavy (non-hydrogen) atoms. The minimum absolute atomic E-state index is 0.250. The summed E-state index contributed by atoms with van der Waals surface area (Å²) in [6, 6.07) is 14.2. The fourth-order valence-electron chi connectivity index (χ4n) is 2.01. The van der Waals surface area contributed by atoms with Crippen molar-refractivity contribution in [3.63, 3.8) is 0 Å². The lowest BCUT2D eigenvalue weighted by atomic mass is 10.1. The number of nitrogens with one attached hydrogen (secondary N) is 1. The molecule has 2 N–H and O–H groups in total. The Morgan fingerprint density at radius 3 is 2.38 bits per heavy atom. The van der Waals surface area contributed by atoms with Gasteiger partial charge < -0.3 is 10.4 Å². The molecule has 0 aliphatic rings. The Hall–Kier alpha value is -3.28. The van der Waals surface area contributed by atoms with Crippen molar-refractivity contribution in [3.05, 3.63) is 72.2 Å². The van der Waals surface area contributed by atoms with Crippen molar-refractivity contribution in [2.75, 3.05) is 5.32 Å². The number of nitrogens with zero attached hydrogens (tertiary/aromatic N) is 3.